The van der Waals surface area contributed by atoms with E-state index in [2.05, 4.69) is 118 Å². The Bertz CT molecular complexity index is 1180. The molecule has 0 radical (unpaired) electrons. The van der Waals surface area contributed by atoms with Crippen molar-refractivity contribution in [2.75, 3.05) is 13.2 Å². The maximum absolute atomic E-state index is 12.7. The second-order valence-corrected chi connectivity index (χ2v) is 14.5. The molecule has 0 heterocycles. The standard InChI is InChI=1S/C51H82O6/c1-4-7-10-13-16-18-20-22-24-25-27-28-30-32-35-38-41-44-50(53)56-47-48(46-55-49(52)43-40-37-34-15-12-9-6-3)57-51(54)45-42-39-36-33-31-29-26-23-21-19-17-14-11-8-5-2/h7-8,10-11,16-19,22-24,26-28,31,33,48H,4-6,9,12-15,20-21,25,29-30,32,34-47H2,1-3H3/b10-7-,11-8-,18-16-,19-17-,24-22-,26-23-,28-27-,33-31-. The first-order valence-corrected chi connectivity index (χ1v) is 22.7. The lowest BCUT2D eigenvalue weighted by atomic mass is 10.1. The average molecular weight is 791 g/mol. The van der Waals surface area contributed by atoms with Crippen molar-refractivity contribution < 1.29 is 28.6 Å². The molecule has 0 aromatic heterocycles. The van der Waals surface area contributed by atoms with Crippen LogP contribution in [0.3, 0.4) is 0 Å². The summed E-state index contributed by atoms with van der Waals surface area (Å²) in [5.74, 6) is -0.987. The number of hydrogen-bond acceptors (Lipinski definition) is 6. The van der Waals surface area contributed by atoms with Gasteiger partial charge in [0, 0.05) is 19.3 Å². The van der Waals surface area contributed by atoms with Crippen LogP contribution in [0.15, 0.2) is 97.2 Å². The highest BCUT2D eigenvalue weighted by Gasteiger charge is 2.19. The van der Waals surface area contributed by atoms with Crippen molar-refractivity contribution in [1.29, 1.82) is 0 Å². The predicted octanol–water partition coefficient (Wildman–Crippen LogP) is 14.6. The molecule has 0 aromatic carbocycles. The van der Waals surface area contributed by atoms with E-state index in [1.54, 1.807) is 0 Å². The topological polar surface area (TPSA) is 78.9 Å². The van der Waals surface area contributed by atoms with Gasteiger partial charge in [-0.2, -0.15) is 0 Å². The van der Waals surface area contributed by atoms with E-state index < -0.39 is 6.10 Å². The van der Waals surface area contributed by atoms with Crippen LogP contribution in [0.1, 0.15) is 188 Å². The van der Waals surface area contributed by atoms with Crippen molar-refractivity contribution in [1.82, 2.24) is 0 Å². The van der Waals surface area contributed by atoms with Crippen molar-refractivity contribution in [2.45, 2.75) is 194 Å². The smallest absolute Gasteiger partial charge is 0.306 e. The zero-order valence-electron chi connectivity index (χ0n) is 36.6. The average Bonchev–Trinajstić information content (AvgIpc) is 3.21. The molecule has 0 N–H and O–H groups in total. The molecule has 1 atom stereocenters. The molecule has 1 unspecified atom stereocenters. The summed E-state index contributed by atoms with van der Waals surface area (Å²) >= 11 is 0. The third-order valence-corrected chi connectivity index (χ3v) is 9.08. The summed E-state index contributed by atoms with van der Waals surface area (Å²) in [7, 11) is 0. The molecule has 0 fully saturated rings. The highest BCUT2D eigenvalue weighted by Crippen LogP contribution is 2.12. The second kappa shape index (κ2) is 45.0. The van der Waals surface area contributed by atoms with Gasteiger partial charge in [-0.25, -0.2) is 0 Å². The summed E-state index contributed by atoms with van der Waals surface area (Å²) < 4.78 is 16.6. The summed E-state index contributed by atoms with van der Waals surface area (Å²) in [6.45, 7) is 6.28. The van der Waals surface area contributed by atoms with Gasteiger partial charge in [0.15, 0.2) is 6.10 Å². The van der Waals surface area contributed by atoms with E-state index >= 15 is 0 Å². The van der Waals surface area contributed by atoms with Crippen LogP contribution in [0, 0.1) is 0 Å². The molecule has 0 rings (SSSR count). The van der Waals surface area contributed by atoms with Crippen molar-refractivity contribution in [2.24, 2.45) is 0 Å². The molecule has 0 aliphatic rings. The molecule has 0 aliphatic carbocycles. The molecule has 6 heteroatoms. The fourth-order valence-electron chi connectivity index (χ4n) is 5.72. The Kier molecular flexibility index (Phi) is 42.1. The van der Waals surface area contributed by atoms with Gasteiger partial charge in [0.1, 0.15) is 13.2 Å². The fourth-order valence-corrected chi connectivity index (χ4v) is 5.72. The molecule has 322 valence electrons. The Hall–Kier alpha value is -3.67. The zero-order valence-corrected chi connectivity index (χ0v) is 36.6. The number of rotatable bonds is 39. The molecule has 0 amide bonds. The first kappa shape index (κ1) is 53.3. The highest BCUT2D eigenvalue weighted by molar-refractivity contribution is 5.71. The maximum atomic E-state index is 12.7. The van der Waals surface area contributed by atoms with Gasteiger partial charge in [-0.3, -0.25) is 14.4 Å². The Labute approximate surface area is 349 Å². The van der Waals surface area contributed by atoms with Crippen LogP contribution in [-0.2, 0) is 28.6 Å². The van der Waals surface area contributed by atoms with Crippen LogP contribution >= 0.6 is 0 Å². The normalized spacial score (nSPS) is 13.0. The molecule has 6 nitrogen and oxygen atoms in total. The van der Waals surface area contributed by atoms with Crippen LogP contribution in [0.2, 0.25) is 0 Å². The third kappa shape index (κ3) is 43.3. The van der Waals surface area contributed by atoms with Gasteiger partial charge in [-0.1, -0.05) is 169 Å². The predicted molar refractivity (Wildman–Crippen MR) is 242 cm³/mol. The van der Waals surface area contributed by atoms with E-state index in [4.69, 9.17) is 14.2 Å². The molecule has 0 spiro atoms. The van der Waals surface area contributed by atoms with Gasteiger partial charge >= 0.3 is 17.9 Å². The van der Waals surface area contributed by atoms with Crippen LogP contribution in [0.4, 0.5) is 0 Å². The number of esters is 3. The van der Waals surface area contributed by atoms with Crippen molar-refractivity contribution in [3.63, 3.8) is 0 Å². The van der Waals surface area contributed by atoms with Crippen molar-refractivity contribution in [3.8, 4) is 0 Å². The number of unbranched alkanes of at least 4 members (excludes halogenated alkanes) is 12. The van der Waals surface area contributed by atoms with Gasteiger partial charge in [0.25, 0.3) is 0 Å². The van der Waals surface area contributed by atoms with E-state index in [-0.39, 0.29) is 37.5 Å². The first-order valence-electron chi connectivity index (χ1n) is 22.7. The number of hydrogen-bond donors (Lipinski definition) is 0. The Morgan fingerprint density at radius 2 is 0.684 bits per heavy atom. The monoisotopic (exact) mass is 791 g/mol. The Morgan fingerprint density at radius 3 is 1.11 bits per heavy atom. The number of allylic oxidation sites excluding steroid dienone is 16. The lowest BCUT2D eigenvalue weighted by molar-refractivity contribution is -0.167. The summed E-state index contributed by atoms with van der Waals surface area (Å²) in [4.78, 5) is 37.6. The Balaban J connectivity index is 4.44. The minimum absolute atomic E-state index is 0.104. The summed E-state index contributed by atoms with van der Waals surface area (Å²) in [6.07, 6.45) is 58.3. The van der Waals surface area contributed by atoms with Crippen LogP contribution in [-0.4, -0.2) is 37.2 Å². The third-order valence-electron chi connectivity index (χ3n) is 9.08. The second-order valence-electron chi connectivity index (χ2n) is 14.5. The van der Waals surface area contributed by atoms with E-state index in [0.29, 0.717) is 19.3 Å². The lowest BCUT2D eigenvalue weighted by Crippen LogP contribution is -2.30. The van der Waals surface area contributed by atoms with Gasteiger partial charge in [-0.15, -0.1) is 0 Å². The maximum Gasteiger partial charge on any atom is 0.306 e. The number of ether oxygens (including phenoxy) is 3. The Morgan fingerprint density at radius 1 is 0.368 bits per heavy atom. The number of carbonyl (C=O) groups is 3. The SMILES string of the molecule is CC/C=C\C/C=C\C/C=C\C/C=C\CCCCCCC(=O)OCC(COC(=O)CCCCCCCCC)OC(=O)CCCC/C=C\C/C=C\C/C=C\C/C=C\CC. The minimum atomic E-state index is -0.806. The van der Waals surface area contributed by atoms with E-state index in [1.165, 1.54) is 25.7 Å². The summed E-state index contributed by atoms with van der Waals surface area (Å²) in [5.41, 5.74) is 0. The fraction of sp³-hybridized carbons (Fsp3) is 0.627. The molecular formula is C51H82O6. The first-order chi connectivity index (χ1) is 28.0. The zero-order chi connectivity index (χ0) is 41.5. The molecule has 0 aliphatic heterocycles. The quantitative estimate of drug-likeness (QED) is 0.0267. The molecule has 0 saturated carbocycles. The van der Waals surface area contributed by atoms with Gasteiger partial charge in [0.05, 0.1) is 0 Å². The molecule has 0 aromatic rings. The van der Waals surface area contributed by atoms with Crippen molar-refractivity contribution in [3.05, 3.63) is 97.2 Å². The minimum Gasteiger partial charge on any atom is -0.462 e. The van der Waals surface area contributed by atoms with Gasteiger partial charge in [0.2, 0.25) is 0 Å². The summed E-state index contributed by atoms with van der Waals surface area (Å²) in [6, 6.07) is 0. The van der Waals surface area contributed by atoms with Crippen LogP contribution in [0.5, 0.6) is 0 Å². The van der Waals surface area contributed by atoms with E-state index in [1.807, 2.05) is 0 Å². The van der Waals surface area contributed by atoms with E-state index in [9.17, 15) is 14.4 Å². The van der Waals surface area contributed by atoms with E-state index in [0.717, 1.165) is 116 Å². The van der Waals surface area contributed by atoms with Crippen LogP contribution < -0.4 is 0 Å². The molecule has 0 bridgehead atoms. The van der Waals surface area contributed by atoms with Crippen LogP contribution in [0.25, 0.3) is 0 Å². The largest absolute Gasteiger partial charge is 0.462 e. The van der Waals surface area contributed by atoms with Gasteiger partial charge in [-0.05, 0) is 96.3 Å². The molecule has 0 saturated heterocycles. The van der Waals surface area contributed by atoms with Crippen molar-refractivity contribution >= 4 is 17.9 Å². The summed E-state index contributed by atoms with van der Waals surface area (Å²) in [5, 5.41) is 0. The molecule has 57 heavy (non-hydrogen) atoms. The highest BCUT2D eigenvalue weighted by atomic mass is 16.6. The molecular weight excluding hydrogens is 709 g/mol. The number of carbonyl (C=O) groups excluding carboxylic acids is 3. The lowest BCUT2D eigenvalue weighted by Gasteiger charge is -2.18. The van der Waals surface area contributed by atoms with Gasteiger partial charge < -0.3 is 14.2 Å².